The molecule has 0 spiro atoms. The van der Waals surface area contributed by atoms with E-state index in [0.29, 0.717) is 18.5 Å². The van der Waals surface area contributed by atoms with Crippen molar-refractivity contribution < 1.29 is 19.1 Å². The van der Waals surface area contributed by atoms with Crippen molar-refractivity contribution in [3.63, 3.8) is 0 Å². The van der Waals surface area contributed by atoms with Gasteiger partial charge >= 0.3 is 5.97 Å². The summed E-state index contributed by atoms with van der Waals surface area (Å²) in [7, 11) is 1.33. The van der Waals surface area contributed by atoms with Crippen molar-refractivity contribution in [2.45, 2.75) is 19.4 Å². The molecule has 2 aromatic carbocycles. The number of carbonyl (C=O) groups excluding carboxylic acids is 3. The van der Waals surface area contributed by atoms with Gasteiger partial charge in [-0.05, 0) is 29.7 Å². The van der Waals surface area contributed by atoms with Crippen LogP contribution in [0.5, 0.6) is 0 Å². The first-order valence-electron chi connectivity index (χ1n) is 8.14. The number of rotatable bonds is 5. The van der Waals surface area contributed by atoms with E-state index in [4.69, 9.17) is 0 Å². The van der Waals surface area contributed by atoms with Gasteiger partial charge in [-0.3, -0.25) is 14.5 Å². The van der Waals surface area contributed by atoms with Crippen LogP contribution < -0.4 is 0 Å². The predicted octanol–water partition coefficient (Wildman–Crippen LogP) is 2.59. The Morgan fingerprint density at radius 2 is 1.72 bits per heavy atom. The number of carbonyl (C=O) groups is 3. The summed E-state index contributed by atoms with van der Waals surface area (Å²) in [6.07, 6.45) is 0.710. The van der Waals surface area contributed by atoms with E-state index in [9.17, 15) is 14.4 Å². The van der Waals surface area contributed by atoms with E-state index in [1.54, 1.807) is 24.3 Å². The van der Waals surface area contributed by atoms with Gasteiger partial charge in [0.1, 0.15) is 0 Å². The second-order valence-electron chi connectivity index (χ2n) is 6.10. The number of amides is 2. The van der Waals surface area contributed by atoms with Gasteiger partial charge in [-0.1, -0.05) is 42.5 Å². The van der Waals surface area contributed by atoms with Crippen LogP contribution in [0, 0.1) is 5.92 Å². The van der Waals surface area contributed by atoms with Crippen molar-refractivity contribution in [2.24, 2.45) is 5.92 Å². The number of ether oxygens (including phenoxy) is 1. The summed E-state index contributed by atoms with van der Waals surface area (Å²) in [5, 5.41) is 0. The van der Waals surface area contributed by atoms with Crippen LogP contribution in [0.1, 0.15) is 27.9 Å². The first-order chi connectivity index (χ1) is 12.1. The van der Waals surface area contributed by atoms with Gasteiger partial charge in [-0.15, -0.1) is 0 Å². The first-order valence-corrected chi connectivity index (χ1v) is 8.14. The zero-order valence-electron chi connectivity index (χ0n) is 14.0. The average molecular weight is 337 g/mol. The number of hydrogen-bond acceptors (Lipinski definition) is 4. The lowest BCUT2D eigenvalue weighted by molar-refractivity contribution is -0.140. The Kier molecular flexibility index (Phi) is 4.93. The molecule has 2 amide bonds. The van der Waals surface area contributed by atoms with Gasteiger partial charge < -0.3 is 4.74 Å². The van der Waals surface area contributed by atoms with Crippen molar-refractivity contribution in [1.82, 2.24) is 4.90 Å². The lowest BCUT2D eigenvalue weighted by Gasteiger charge is -2.15. The summed E-state index contributed by atoms with van der Waals surface area (Å²) in [4.78, 5) is 37.6. The maximum Gasteiger partial charge on any atom is 0.337 e. The number of methoxy groups -OCH3 is 1. The summed E-state index contributed by atoms with van der Waals surface area (Å²) in [6, 6.07) is 16.4. The minimum atomic E-state index is -0.396. The molecule has 1 aliphatic heterocycles. The quantitative estimate of drug-likeness (QED) is 0.621. The number of esters is 1. The molecule has 0 aliphatic carbocycles. The molecule has 1 aliphatic rings. The molecule has 0 radical (unpaired) electrons. The van der Waals surface area contributed by atoms with E-state index in [2.05, 4.69) is 4.74 Å². The molecule has 0 N–H and O–H groups in total. The zero-order valence-corrected chi connectivity index (χ0v) is 14.0. The lowest BCUT2D eigenvalue weighted by atomic mass is 9.97. The normalized spacial score (nSPS) is 17.0. The van der Waals surface area contributed by atoms with E-state index >= 15 is 0 Å². The van der Waals surface area contributed by atoms with E-state index in [-0.39, 0.29) is 24.2 Å². The van der Waals surface area contributed by atoms with Crippen LogP contribution >= 0.6 is 0 Å². The fraction of sp³-hybridized carbons (Fsp3) is 0.250. The van der Waals surface area contributed by atoms with Crippen LogP contribution in [0.4, 0.5) is 0 Å². The molecule has 1 atom stereocenters. The molecule has 5 nitrogen and oxygen atoms in total. The Labute approximate surface area is 146 Å². The third kappa shape index (κ3) is 3.76. The number of imide groups is 1. The number of nitrogens with zero attached hydrogens (tertiary/aromatic N) is 1. The van der Waals surface area contributed by atoms with Gasteiger partial charge in [0.25, 0.3) is 0 Å². The highest BCUT2D eigenvalue weighted by Gasteiger charge is 2.38. The molecule has 1 fully saturated rings. The van der Waals surface area contributed by atoms with E-state index in [1.165, 1.54) is 12.0 Å². The Morgan fingerprint density at radius 3 is 2.36 bits per heavy atom. The molecular weight excluding hydrogens is 318 g/mol. The highest BCUT2D eigenvalue weighted by atomic mass is 16.5. The highest BCUT2D eigenvalue weighted by molar-refractivity contribution is 6.03. The first kappa shape index (κ1) is 16.9. The van der Waals surface area contributed by atoms with Crippen molar-refractivity contribution in [3.05, 3.63) is 71.3 Å². The van der Waals surface area contributed by atoms with E-state index in [0.717, 1.165) is 11.1 Å². The summed E-state index contributed by atoms with van der Waals surface area (Å²) in [6.45, 7) is 0.316. The smallest absolute Gasteiger partial charge is 0.337 e. The van der Waals surface area contributed by atoms with Crippen LogP contribution in [-0.4, -0.2) is 29.8 Å². The Hall–Kier alpha value is -2.95. The molecule has 0 bridgehead atoms. The largest absolute Gasteiger partial charge is 0.465 e. The van der Waals surface area contributed by atoms with Crippen LogP contribution in [0.3, 0.4) is 0 Å². The van der Waals surface area contributed by atoms with Crippen LogP contribution in [0.2, 0.25) is 0 Å². The predicted molar refractivity (Wildman–Crippen MR) is 91.6 cm³/mol. The molecular formula is C20H19NO4. The van der Waals surface area contributed by atoms with Crippen LogP contribution in [0.25, 0.3) is 0 Å². The van der Waals surface area contributed by atoms with Crippen LogP contribution in [0.15, 0.2) is 54.6 Å². The van der Waals surface area contributed by atoms with Gasteiger partial charge in [0.05, 0.1) is 25.1 Å². The van der Waals surface area contributed by atoms with Crippen molar-refractivity contribution in [2.75, 3.05) is 7.11 Å². The minimum Gasteiger partial charge on any atom is -0.465 e. The Balaban J connectivity index is 1.67. The van der Waals surface area contributed by atoms with Crippen molar-refractivity contribution in [1.29, 1.82) is 0 Å². The van der Waals surface area contributed by atoms with Gasteiger partial charge in [0.2, 0.25) is 11.8 Å². The van der Waals surface area contributed by atoms with Gasteiger partial charge in [0.15, 0.2) is 0 Å². The highest BCUT2D eigenvalue weighted by Crippen LogP contribution is 2.25. The molecule has 1 unspecified atom stereocenters. The zero-order chi connectivity index (χ0) is 17.8. The fourth-order valence-corrected chi connectivity index (χ4v) is 3.02. The molecule has 0 aromatic heterocycles. The number of benzene rings is 2. The SMILES string of the molecule is COC(=O)c1ccc(CC2CC(=O)N(Cc3ccccc3)C2=O)cc1. The average Bonchev–Trinajstić information content (AvgIpc) is 2.90. The van der Waals surface area contributed by atoms with Crippen molar-refractivity contribution >= 4 is 17.8 Å². The fourth-order valence-electron chi connectivity index (χ4n) is 3.02. The maximum atomic E-state index is 12.6. The standard InChI is InChI=1S/C20H19NO4/c1-25-20(24)16-9-7-14(8-10-16)11-17-12-18(22)21(19(17)23)13-15-5-3-2-4-6-15/h2-10,17H,11-13H2,1H3. The minimum absolute atomic E-state index is 0.133. The second-order valence-corrected chi connectivity index (χ2v) is 6.10. The monoisotopic (exact) mass is 337 g/mol. The van der Waals surface area contributed by atoms with E-state index < -0.39 is 5.97 Å². The van der Waals surface area contributed by atoms with Crippen molar-refractivity contribution in [3.8, 4) is 0 Å². The third-order valence-electron chi connectivity index (χ3n) is 4.38. The Morgan fingerprint density at radius 1 is 1.04 bits per heavy atom. The molecule has 25 heavy (non-hydrogen) atoms. The maximum absolute atomic E-state index is 12.6. The molecule has 128 valence electrons. The topological polar surface area (TPSA) is 63.7 Å². The summed E-state index contributed by atoms with van der Waals surface area (Å²) >= 11 is 0. The third-order valence-corrected chi connectivity index (χ3v) is 4.38. The summed E-state index contributed by atoms with van der Waals surface area (Å²) < 4.78 is 4.67. The Bertz CT molecular complexity index is 783. The summed E-state index contributed by atoms with van der Waals surface area (Å²) in [5.74, 6) is -1.01. The molecule has 0 saturated carbocycles. The molecule has 2 aromatic rings. The molecule has 3 rings (SSSR count). The van der Waals surface area contributed by atoms with Gasteiger partial charge in [-0.25, -0.2) is 4.79 Å². The number of hydrogen-bond donors (Lipinski definition) is 0. The van der Waals surface area contributed by atoms with Gasteiger partial charge in [-0.2, -0.15) is 0 Å². The number of likely N-dealkylation sites (tertiary alicyclic amines) is 1. The molecule has 5 heteroatoms. The summed E-state index contributed by atoms with van der Waals surface area (Å²) in [5.41, 5.74) is 2.32. The van der Waals surface area contributed by atoms with E-state index in [1.807, 2.05) is 30.3 Å². The lowest BCUT2D eigenvalue weighted by Crippen LogP contribution is -2.30. The second kappa shape index (κ2) is 7.30. The van der Waals surface area contributed by atoms with Gasteiger partial charge in [0, 0.05) is 6.42 Å². The van der Waals surface area contributed by atoms with Crippen LogP contribution in [-0.2, 0) is 27.3 Å². The molecule has 1 saturated heterocycles. The molecule has 1 heterocycles.